The number of allylic oxidation sites excluding steroid dienone is 3. The molecule has 0 spiro atoms. The van der Waals surface area contributed by atoms with Crippen molar-refractivity contribution in [2.75, 3.05) is 26.2 Å². The molecule has 1 aliphatic rings. The summed E-state index contributed by atoms with van der Waals surface area (Å²) in [6.45, 7) is 6.28. The highest BCUT2D eigenvalue weighted by Gasteiger charge is 2.08. The number of hydrogen-bond acceptors (Lipinski definition) is 2. The third-order valence-corrected chi connectivity index (χ3v) is 2.95. The molecule has 1 fully saturated rings. The van der Waals surface area contributed by atoms with Gasteiger partial charge in [0.1, 0.15) is 0 Å². The maximum atomic E-state index is 11.3. The third-order valence-electron chi connectivity index (χ3n) is 2.95. The second kappa shape index (κ2) is 8.99. The van der Waals surface area contributed by atoms with Crippen LogP contribution >= 0.6 is 0 Å². The fraction of sp³-hybridized carbons (Fsp3) is 0.643. The molecule has 0 aliphatic carbocycles. The molecule has 1 aliphatic heterocycles. The second-order valence-electron chi connectivity index (χ2n) is 4.43. The molecule has 1 amide bonds. The Labute approximate surface area is 105 Å². The Kier molecular flexibility index (Phi) is 7.39. The quantitative estimate of drug-likeness (QED) is 0.435. The maximum absolute atomic E-state index is 11.3. The van der Waals surface area contributed by atoms with E-state index < -0.39 is 0 Å². The number of carbonyl (C=O) groups is 1. The van der Waals surface area contributed by atoms with Crippen molar-refractivity contribution in [3.8, 4) is 0 Å². The molecule has 17 heavy (non-hydrogen) atoms. The average Bonchev–Trinajstić information content (AvgIpc) is 2.36. The van der Waals surface area contributed by atoms with Crippen LogP contribution in [-0.4, -0.2) is 37.0 Å². The summed E-state index contributed by atoms with van der Waals surface area (Å²) in [6, 6.07) is 0. The van der Waals surface area contributed by atoms with Crippen LogP contribution in [0, 0.1) is 0 Å². The van der Waals surface area contributed by atoms with E-state index >= 15 is 0 Å². The monoisotopic (exact) mass is 236 g/mol. The zero-order valence-corrected chi connectivity index (χ0v) is 10.8. The summed E-state index contributed by atoms with van der Waals surface area (Å²) in [5, 5.41) is 2.89. The number of nitrogens with one attached hydrogen (secondary N) is 1. The third kappa shape index (κ3) is 6.95. The normalized spacial score (nSPS) is 17.9. The Balaban J connectivity index is 2.01. The molecule has 0 aromatic rings. The van der Waals surface area contributed by atoms with Gasteiger partial charge in [0.2, 0.25) is 5.91 Å². The molecule has 0 aromatic carbocycles. The lowest BCUT2D eigenvalue weighted by molar-refractivity contribution is -0.116. The van der Waals surface area contributed by atoms with Crippen molar-refractivity contribution in [3.63, 3.8) is 0 Å². The number of piperidine rings is 1. The van der Waals surface area contributed by atoms with E-state index in [4.69, 9.17) is 0 Å². The van der Waals surface area contributed by atoms with Crippen molar-refractivity contribution >= 4 is 5.91 Å². The molecular weight excluding hydrogens is 212 g/mol. The molecule has 1 rings (SSSR count). The number of rotatable bonds is 6. The zero-order chi connectivity index (χ0) is 12.3. The highest BCUT2D eigenvalue weighted by atomic mass is 16.1. The molecule has 3 nitrogen and oxygen atoms in total. The van der Waals surface area contributed by atoms with Crippen LogP contribution in [0.3, 0.4) is 0 Å². The summed E-state index contributed by atoms with van der Waals surface area (Å²) < 4.78 is 0. The van der Waals surface area contributed by atoms with Crippen molar-refractivity contribution in [2.45, 2.75) is 32.6 Å². The number of nitrogens with zero attached hydrogens (tertiary/aromatic N) is 1. The van der Waals surface area contributed by atoms with Crippen LogP contribution in [0.1, 0.15) is 32.6 Å². The first-order chi connectivity index (χ1) is 8.33. The summed E-state index contributed by atoms with van der Waals surface area (Å²) >= 11 is 0. The molecule has 1 N–H and O–H groups in total. The van der Waals surface area contributed by atoms with E-state index in [-0.39, 0.29) is 5.91 Å². The first kappa shape index (κ1) is 14.0. The fourth-order valence-corrected chi connectivity index (χ4v) is 2.01. The van der Waals surface area contributed by atoms with Crippen LogP contribution in [0.4, 0.5) is 0 Å². The van der Waals surface area contributed by atoms with Crippen LogP contribution in [0.5, 0.6) is 0 Å². The molecule has 0 aromatic heterocycles. The van der Waals surface area contributed by atoms with E-state index in [1.54, 1.807) is 12.2 Å². The first-order valence-corrected chi connectivity index (χ1v) is 6.62. The first-order valence-electron chi connectivity index (χ1n) is 6.62. The van der Waals surface area contributed by atoms with Gasteiger partial charge in [-0.25, -0.2) is 0 Å². The Morgan fingerprint density at radius 3 is 2.71 bits per heavy atom. The molecule has 0 saturated carbocycles. The van der Waals surface area contributed by atoms with Gasteiger partial charge in [-0.05, 0) is 45.8 Å². The van der Waals surface area contributed by atoms with Crippen molar-refractivity contribution in [1.82, 2.24) is 10.2 Å². The van der Waals surface area contributed by atoms with Gasteiger partial charge < -0.3 is 10.2 Å². The molecule has 96 valence electrons. The molecule has 0 bridgehead atoms. The standard InChI is InChI=1S/C14H24N2O/c1-2-3-5-9-14(17)15-10-8-13-16-11-6-4-7-12-16/h2-3,5,9H,4,6-8,10-13H2,1H3,(H,15,17)/b3-2+,9-5+. The molecular formula is C14H24N2O. The van der Waals surface area contributed by atoms with E-state index in [0.717, 1.165) is 19.5 Å². The summed E-state index contributed by atoms with van der Waals surface area (Å²) in [6.07, 6.45) is 12.2. The van der Waals surface area contributed by atoms with Gasteiger partial charge in [-0.3, -0.25) is 4.79 Å². The zero-order valence-electron chi connectivity index (χ0n) is 10.8. The molecule has 0 radical (unpaired) electrons. The fourth-order valence-electron chi connectivity index (χ4n) is 2.01. The SMILES string of the molecule is C/C=C/C=C/C(=O)NCCCN1CCCCC1. The van der Waals surface area contributed by atoms with Crippen LogP contribution in [0.25, 0.3) is 0 Å². The topological polar surface area (TPSA) is 32.3 Å². The Morgan fingerprint density at radius 2 is 2.00 bits per heavy atom. The lowest BCUT2D eigenvalue weighted by Crippen LogP contribution is -2.33. The van der Waals surface area contributed by atoms with Gasteiger partial charge in [0.25, 0.3) is 0 Å². The Morgan fingerprint density at radius 1 is 1.24 bits per heavy atom. The van der Waals surface area contributed by atoms with Gasteiger partial charge in [0.05, 0.1) is 0 Å². The highest BCUT2D eigenvalue weighted by molar-refractivity contribution is 5.87. The molecule has 1 heterocycles. The number of hydrogen-bond donors (Lipinski definition) is 1. The predicted octanol–water partition coefficient (Wildman–Crippen LogP) is 2.11. The van der Waals surface area contributed by atoms with E-state index in [9.17, 15) is 4.79 Å². The molecule has 0 unspecified atom stereocenters. The summed E-state index contributed by atoms with van der Waals surface area (Å²) in [5.41, 5.74) is 0. The van der Waals surface area contributed by atoms with Crippen molar-refractivity contribution < 1.29 is 4.79 Å². The molecule has 3 heteroatoms. The largest absolute Gasteiger partial charge is 0.353 e. The number of likely N-dealkylation sites (tertiary alicyclic amines) is 1. The second-order valence-corrected chi connectivity index (χ2v) is 4.43. The van der Waals surface area contributed by atoms with Crippen LogP contribution in [0.15, 0.2) is 24.3 Å². The van der Waals surface area contributed by atoms with Crippen molar-refractivity contribution in [2.24, 2.45) is 0 Å². The lowest BCUT2D eigenvalue weighted by Gasteiger charge is -2.26. The number of amides is 1. The smallest absolute Gasteiger partial charge is 0.243 e. The van der Waals surface area contributed by atoms with E-state index in [1.807, 2.05) is 19.1 Å². The van der Waals surface area contributed by atoms with Gasteiger partial charge in [0.15, 0.2) is 0 Å². The molecule has 0 atom stereocenters. The Bertz CT molecular complexity index is 265. The summed E-state index contributed by atoms with van der Waals surface area (Å²) in [5.74, 6) is 0.00161. The molecule has 1 saturated heterocycles. The maximum Gasteiger partial charge on any atom is 0.243 e. The predicted molar refractivity (Wildman–Crippen MR) is 71.9 cm³/mol. The van der Waals surface area contributed by atoms with Crippen molar-refractivity contribution in [1.29, 1.82) is 0 Å². The van der Waals surface area contributed by atoms with Crippen LogP contribution in [0.2, 0.25) is 0 Å². The van der Waals surface area contributed by atoms with Crippen molar-refractivity contribution in [3.05, 3.63) is 24.3 Å². The van der Waals surface area contributed by atoms with Gasteiger partial charge in [-0.1, -0.05) is 24.6 Å². The van der Waals surface area contributed by atoms with E-state index in [0.29, 0.717) is 0 Å². The summed E-state index contributed by atoms with van der Waals surface area (Å²) in [4.78, 5) is 13.8. The van der Waals surface area contributed by atoms with E-state index in [2.05, 4.69) is 10.2 Å². The van der Waals surface area contributed by atoms with Gasteiger partial charge >= 0.3 is 0 Å². The Hall–Kier alpha value is -1.09. The minimum Gasteiger partial charge on any atom is -0.353 e. The van der Waals surface area contributed by atoms with Gasteiger partial charge in [-0.15, -0.1) is 0 Å². The van der Waals surface area contributed by atoms with Gasteiger partial charge in [0, 0.05) is 12.6 Å². The number of carbonyl (C=O) groups excluding carboxylic acids is 1. The van der Waals surface area contributed by atoms with E-state index in [1.165, 1.54) is 32.4 Å². The summed E-state index contributed by atoms with van der Waals surface area (Å²) in [7, 11) is 0. The minimum absolute atomic E-state index is 0.00161. The highest BCUT2D eigenvalue weighted by Crippen LogP contribution is 2.08. The van der Waals surface area contributed by atoms with Gasteiger partial charge in [-0.2, -0.15) is 0 Å². The van der Waals surface area contributed by atoms with Crippen LogP contribution < -0.4 is 5.32 Å². The van der Waals surface area contributed by atoms with Crippen LogP contribution in [-0.2, 0) is 4.79 Å². The lowest BCUT2D eigenvalue weighted by atomic mass is 10.1. The average molecular weight is 236 g/mol. The minimum atomic E-state index is 0.00161.